The number of hydrogen-bond acceptors (Lipinski definition) is 4. The summed E-state index contributed by atoms with van der Waals surface area (Å²) in [7, 11) is 0. The van der Waals surface area contributed by atoms with Crippen molar-refractivity contribution in [1.82, 2.24) is 0 Å². The lowest BCUT2D eigenvalue weighted by molar-refractivity contribution is -0.128. The van der Waals surface area contributed by atoms with Gasteiger partial charge in [0.05, 0.1) is 17.0 Å². The van der Waals surface area contributed by atoms with Crippen LogP contribution >= 0.6 is 23.2 Å². The van der Waals surface area contributed by atoms with Gasteiger partial charge in [0.15, 0.2) is 11.6 Å². The van der Waals surface area contributed by atoms with Crippen LogP contribution in [0.3, 0.4) is 0 Å². The van der Waals surface area contributed by atoms with E-state index in [0.29, 0.717) is 16.3 Å². The Morgan fingerprint density at radius 2 is 1.67 bits per heavy atom. The highest BCUT2D eigenvalue weighted by Gasteiger charge is 2.71. The Balaban J connectivity index is 1.71. The molecule has 0 aromatic heterocycles. The van der Waals surface area contributed by atoms with E-state index in [0.717, 1.165) is 16.8 Å². The Labute approximate surface area is 237 Å². The van der Waals surface area contributed by atoms with Gasteiger partial charge in [-0.15, -0.1) is 0 Å². The number of ketones is 2. The van der Waals surface area contributed by atoms with Gasteiger partial charge in [-0.05, 0) is 48.4 Å². The summed E-state index contributed by atoms with van der Waals surface area (Å²) in [4.78, 5) is 45.6. The van der Waals surface area contributed by atoms with Gasteiger partial charge in [0.2, 0.25) is 5.91 Å². The molecule has 1 saturated heterocycles. The summed E-state index contributed by atoms with van der Waals surface area (Å²) in [5.74, 6) is -1.82. The molecular weight excluding hydrogens is 531 g/mol. The van der Waals surface area contributed by atoms with Crippen molar-refractivity contribution >= 4 is 57.6 Å². The number of halogens is 2. The van der Waals surface area contributed by atoms with Gasteiger partial charge in [-0.1, -0.05) is 86.4 Å². The van der Waals surface area contributed by atoms with Crippen LogP contribution in [0.1, 0.15) is 49.2 Å². The van der Waals surface area contributed by atoms with E-state index in [1.54, 1.807) is 12.1 Å². The molecular formula is C32H28Cl2N2O3. The molecule has 4 atom stereocenters. The van der Waals surface area contributed by atoms with Gasteiger partial charge in [0, 0.05) is 32.9 Å². The maximum absolute atomic E-state index is 14.8. The zero-order valence-corrected chi connectivity index (χ0v) is 23.6. The predicted molar refractivity (Wildman–Crippen MR) is 156 cm³/mol. The number of rotatable bonds is 3. The van der Waals surface area contributed by atoms with Crippen LogP contribution in [0.5, 0.6) is 0 Å². The molecule has 0 aliphatic carbocycles. The molecule has 7 heteroatoms. The van der Waals surface area contributed by atoms with Crippen molar-refractivity contribution in [3.63, 3.8) is 0 Å². The third-order valence-corrected chi connectivity index (χ3v) is 8.92. The number of carbonyl (C=O) groups excluding carboxylic acids is 3. The first-order chi connectivity index (χ1) is 18.5. The summed E-state index contributed by atoms with van der Waals surface area (Å²) in [6.07, 6.45) is 2.05. The van der Waals surface area contributed by atoms with Crippen molar-refractivity contribution in [2.45, 2.75) is 45.2 Å². The summed E-state index contributed by atoms with van der Waals surface area (Å²) in [6, 6.07) is 18.5. The molecule has 1 amide bonds. The van der Waals surface area contributed by atoms with E-state index in [9.17, 15) is 14.4 Å². The summed E-state index contributed by atoms with van der Waals surface area (Å²) in [6.45, 7) is 7.57. The largest absolute Gasteiger partial charge is 0.352 e. The number of nitrogens with one attached hydrogen (secondary N) is 1. The van der Waals surface area contributed by atoms with E-state index in [4.69, 9.17) is 23.2 Å². The first kappa shape index (κ1) is 25.8. The highest BCUT2D eigenvalue weighted by atomic mass is 35.5. The van der Waals surface area contributed by atoms with Gasteiger partial charge in [-0.3, -0.25) is 14.4 Å². The number of hydrogen-bond donors (Lipinski definition) is 1. The van der Waals surface area contributed by atoms with Crippen molar-refractivity contribution in [2.75, 3.05) is 10.2 Å². The molecule has 0 saturated carbocycles. The Hall–Kier alpha value is -3.41. The second-order valence-corrected chi connectivity index (χ2v) is 12.5. The summed E-state index contributed by atoms with van der Waals surface area (Å²) in [5, 5.41) is 3.63. The predicted octanol–water partition coefficient (Wildman–Crippen LogP) is 6.97. The summed E-state index contributed by atoms with van der Waals surface area (Å²) >= 11 is 12.8. The minimum atomic E-state index is -1.36. The fourth-order valence-electron chi connectivity index (χ4n) is 6.69. The van der Waals surface area contributed by atoms with E-state index in [-0.39, 0.29) is 28.1 Å². The third kappa shape index (κ3) is 3.56. The second kappa shape index (κ2) is 8.80. The summed E-state index contributed by atoms with van der Waals surface area (Å²) < 4.78 is 0. The first-order valence-electron chi connectivity index (χ1n) is 13.0. The monoisotopic (exact) mass is 558 g/mol. The van der Waals surface area contributed by atoms with Crippen molar-refractivity contribution < 1.29 is 14.4 Å². The molecule has 1 spiro atoms. The Kier molecular flexibility index (Phi) is 5.83. The van der Waals surface area contributed by atoms with Crippen LogP contribution in [0.4, 0.5) is 11.4 Å². The number of nitrogens with zero attached hydrogens (tertiary/aromatic N) is 1. The lowest BCUT2D eigenvalue weighted by Crippen LogP contribution is -2.51. The van der Waals surface area contributed by atoms with Gasteiger partial charge in [-0.25, -0.2) is 0 Å². The first-order valence-corrected chi connectivity index (χ1v) is 13.7. The molecule has 3 aromatic carbocycles. The van der Waals surface area contributed by atoms with Gasteiger partial charge >= 0.3 is 0 Å². The molecule has 1 fully saturated rings. The highest BCUT2D eigenvalue weighted by molar-refractivity contribution is 6.37. The second-order valence-electron chi connectivity index (χ2n) is 11.6. The van der Waals surface area contributed by atoms with Crippen LogP contribution < -0.4 is 10.2 Å². The molecule has 198 valence electrons. The van der Waals surface area contributed by atoms with Gasteiger partial charge in [0.1, 0.15) is 11.5 Å². The van der Waals surface area contributed by atoms with Crippen LogP contribution in [0.2, 0.25) is 10.0 Å². The molecule has 3 heterocycles. The molecule has 1 N–H and O–H groups in total. The number of Topliss-reactive ketones (excluding diaryl/α,β-unsaturated/α-hetero) is 2. The molecule has 3 aromatic rings. The van der Waals surface area contributed by atoms with Crippen molar-refractivity contribution in [3.05, 3.63) is 99.5 Å². The number of allylic oxidation sites excluding steroid dienone is 1. The third-order valence-electron chi connectivity index (χ3n) is 8.37. The van der Waals surface area contributed by atoms with Crippen LogP contribution in [-0.4, -0.2) is 29.6 Å². The van der Waals surface area contributed by atoms with Crippen LogP contribution in [0, 0.1) is 11.3 Å². The fourth-order valence-corrected chi connectivity index (χ4v) is 7.19. The SMILES string of the molecule is CC1=C[C@@H]2N(c3ccccc31)[C@H](C(=O)C(C)(C)C)[C@H](C(=O)c1ccc(Cl)cc1Cl)[C@]21C(=O)Nc2ccccc21. The summed E-state index contributed by atoms with van der Waals surface area (Å²) in [5.41, 5.74) is 2.24. The van der Waals surface area contributed by atoms with E-state index >= 15 is 0 Å². The van der Waals surface area contributed by atoms with E-state index in [1.165, 1.54) is 6.07 Å². The molecule has 0 bridgehead atoms. The Bertz CT molecular complexity index is 1600. The average molecular weight is 559 g/mol. The average Bonchev–Trinajstić information content (AvgIpc) is 3.35. The Morgan fingerprint density at radius 3 is 2.38 bits per heavy atom. The number of amides is 1. The molecule has 3 aliphatic heterocycles. The molecule has 39 heavy (non-hydrogen) atoms. The van der Waals surface area contributed by atoms with Crippen LogP contribution in [0.15, 0.2) is 72.8 Å². The number of para-hydroxylation sites is 2. The van der Waals surface area contributed by atoms with Gasteiger partial charge in [0.25, 0.3) is 0 Å². The standard InChI is InChI=1S/C32H28Cl2N2O3/c1-17-15-25-32(21-10-6-7-11-23(21)35-30(32)39)26(28(37)20-14-13-18(33)16-22(20)34)27(29(38)31(2,3)4)36(25)24-12-8-5-9-19(17)24/h5-16,25-27H,1-4H3,(H,35,39)/t25-,26+,27-,32+/m0/s1. The highest BCUT2D eigenvalue weighted by Crippen LogP contribution is 2.59. The lowest BCUT2D eigenvalue weighted by Gasteiger charge is -2.39. The quantitative estimate of drug-likeness (QED) is 0.352. The maximum atomic E-state index is 14.8. The number of carbonyl (C=O) groups is 3. The van der Waals surface area contributed by atoms with Gasteiger partial charge < -0.3 is 10.2 Å². The molecule has 0 unspecified atom stereocenters. The van der Waals surface area contributed by atoms with Crippen LogP contribution in [0.25, 0.3) is 5.57 Å². The van der Waals surface area contributed by atoms with Crippen molar-refractivity contribution in [3.8, 4) is 0 Å². The topological polar surface area (TPSA) is 66.5 Å². The number of benzene rings is 3. The minimum absolute atomic E-state index is 0.118. The van der Waals surface area contributed by atoms with E-state index < -0.39 is 28.8 Å². The number of anilines is 2. The van der Waals surface area contributed by atoms with Gasteiger partial charge in [-0.2, -0.15) is 0 Å². The zero-order chi connectivity index (χ0) is 27.9. The molecule has 0 radical (unpaired) electrons. The van der Waals surface area contributed by atoms with Crippen LogP contribution in [-0.2, 0) is 15.0 Å². The van der Waals surface area contributed by atoms with E-state index in [2.05, 4.69) is 5.32 Å². The molecule has 5 nitrogen and oxygen atoms in total. The maximum Gasteiger partial charge on any atom is 0.238 e. The van der Waals surface area contributed by atoms with E-state index in [1.807, 2.05) is 87.2 Å². The molecule has 6 rings (SSSR count). The smallest absolute Gasteiger partial charge is 0.238 e. The zero-order valence-electron chi connectivity index (χ0n) is 22.1. The lowest BCUT2D eigenvalue weighted by atomic mass is 9.63. The molecule has 3 aliphatic rings. The minimum Gasteiger partial charge on any atom is -0.352 e. The van der Waals surface area contributed by atoms with Crippen molar-refractivity contribution in [1.29, 1.82) is 0 Å². The number of fused-ring (bicyclic) bond motifs is 6. The normalized spacial score (nSPS) is 25.1. The fraction of sp³-hybridized carbons (Fsp3) is 0.281. The Morgan fingerprint density at radius 1 is 0.974 bits per heavy atom. The van der Waals surface area contributed by atoms with Crippen molar-refractivity contribution in [2.24, 2.45) is 11.3 Å².